The quantitative estimate of drug-likeness (QED) is 0.598. The summed E-state index contributed by atoms with van der Waals surface area (Å²) in [7, 11) is 0. The molecule has 0 aromatic heterocycles. The number of aliphatic carboxylic acids is 1. The summed E-state index contributed by atoms with van der Waals surface area (Å²) in [5.41, 5.74) is 0. The molecule has 58 valence electrons. The molecule has 2 atom stereocenters. The Morgan fingerprint density at radius 1 is 1.40 bits per heavy atom. The van der Waals surface area contributed by atoms with Gasteiger partial charge in [0.25, 0.3) is 0 Å². The van der Waals surface area contributed by atoms with Gasteiger partial charge in [0, 0.05) is 5.38 Å². The Balaban J connectivity index is 2.47. The Bertz CT molecular complexity index is 136. The number of hydrogen-bond acceptors (Lipinski definition) is 1. The molecule has 0 unspecified atom stereocenters. The molecule has 0 aromatic rings. The van der Waals surface area contributed by atoms with Gasteiger partial charge in [-0.3, -0.25) is 4.79 Å². The van der Waals surface area contributed by atoms with E-state index >= 15 is 0 Å². The summed E-state index contributed by atoms with van der Waals surface area (Å²) in [6.07, 6.45) is 3.71. The van der Waals surface area contributed by atoms with Gasteiger partial charge in [0.05, 0.1) is 5.92 Å². The van der Waals surface area contributed by atoms with Crippen LogP contribution in [0.4, 0.5) is 0 Å². The van der Waals surface area contributed by atoms with Crippen LogP contribution >= 0.6 is 11.6 Å². The number of alkyl halides is 1. The number of carbonyl (C=O) groups is 1. The van der Waals surface area contributed by atoms with Crippen molar-refractivity contribution in [2.45, 2.75) is 31.1 Å². The molecule has 0 aromatic carbocycles. The van der Waals surface area contributed by atoms with Crippen molar-refractivity contribution < 1.29 is 9.90 Å². The molecule has 0 amide bonds. The van der Waals surface area contributed by atoms with Crippen molar-refractivity contribution >= 4 is 17.6 Å². The number of rotatable bonds is 1. The van der Waals surface area contributed by atoms with Gasteiger partial charge in [0.15, 0.2) is 0 Å². The maximum Gasteiger partial charge on any atom is 0.307 e. The fraction of sp³-hybridized carbons (Fsp3) is 0.857. The van der Waals surface area contributed by atoms with E-state index in [-0.39, 0.29) is 11.3 Å². The lowest BCUT2D eigenvalue weighted by molar-refractivity contribution is -0.142. The van der Waals surface area contributed by atoms with Crippen LogP contribution in [-0.4, -0.2) is 16.5 Å². The second kappa shape index (κ2) is 3.24. The molecule has 0 aliphatic heterocycles. The second-order valence-corrected chi connectivity index (χ2v) is 3.31. The number of hydrogen-bond donors (Lipinski definition) is 1. The SMILES string of the molecule is O=C(O)[C@@H]1CCCC[C@H]1Cl. The lowest BCUT2D eigenvalue weighted by atomic mass is 9.89. The topological polar surface area (TPSA) is 37.3 Å². The third kappa shape index (κ3) is 1.63. The van der Waals surface area contributed by atoms with E-state index in [1.54, 1.807) is 0 Å². The average molecular weight is 163 g/mol. The van der Waals surface area contributed by atoms with Gasteiger partial charge in [0.2, 0.25) is 0 Å². The molecule has 1 N–H and O–H groups in total. The van der Waals surface area contributed by atoms with Crippen molar-refractivity contribution in [2.75, 3.05) is 0 Å². The molecule has 2 nitrogen and oxygen atoms in total. The summed E-state index contributed by atoms with van der Waals surface area (Å²) >= 11 is 5.80. The van der Waals surface area contributed by atoms with Crippen molar-refractivity contribution in [2.24, 2.45) is 5.92 Å². The molecular weight excluding hydrogens is 152 g/mol. The molecule has 1 saturated carbocycles. The standard InChI is InChI=1S/C7H11ClO2/c8-6-4-2-1-3-5(6)7(9)10/h5-6H,1-4H2,(H,9,10)/t5-,6-/m1/s1. The Hall–Kier alpha value is -0.240. The van der Waals surface area contributed by atoms with Gasteiger partial charge in [-0.2, -0.15) is 0 Å². The van der Waals surface area contributed by atoms with E-state index in [1.807, 2.05) is 0 Å². The predicted molar refractivity (Wildman–Crippen MR) is 39.2 cm³/mol. The fourth-order valence-corrected chi connectivity index (χ4v) is 1.75. The molecule has 3 heteroatoms. The summed E-state index contributed by atoms with van der Waals surface area (Å²) in [6.45, 7) is 0. The summed E-state index contributed by atoms with van der Waals surface area (Å²) in [5, 5.41) is 8.49. The van der Waals surface area contributed by atoms with Crippen LogP contribution in [0.3, 0.4) is 0 Å². The van der Waals surface area contributed by atoms with Crippen molar-refractivity contribution in [1.29, 1.82) is 0 Å². The molecule has 0 spiro atoms. The van der Waals surface area contributed by atoms with E-state index < -0.39 is 5.97 Å². The Kier molecular flexibility index (Phi) is 2.55. The average Bonchev–Trinajstić information content (AvgIpc) is 1.88. The van der Waals surface area contributed by atoms with E-state index in [0.29, 0.717) is 0 Å². The van der Waals surface area contributed by atoms with E-state index in [0.717, 1.165) is 25.7 Å². The molecule has 1 aliphatic carbocycles. The van der Waals surface area contributed by atoms with E-state index in [4.69, 9.17) is 16.7 Å². The highest BCUT2D eigenvalue weighted by Gasteiger charge is 2.28. The third-order valence-electron chi connectivity index (χ3n) is 2.00. The first-order valence-electron chi connectivity index (χ1n) is 3.58. The molecule has 0 saturated heterocycles. The first-order chi connectivity index (χ1) is 4.72. The van der Waals surface area contributed by atoms with Crippen LogP contribution in [0.25, 0.3) is 0 Å². The van der Waals surface area contributed by atoms with Gasteiger partial charge in [-0.05, 0) is 12.8 Å². The zero-order chi connectivity index (χ0) is 7.56. The van der Waals surface area contributed by atoms with Crippen molar-refractivity contribution in [3.63, 3.8) is 0 Å². The monoisotopic (exact) mass is 162 g/mol. The zero-order valence-electron chi connectivity index (χ0n) is 5.72. The van der Waals surface area contributed by atoms with Crippen molar-refractivity contribution in [1.82, 2.24) is 0 Å². The van der Waals surface area contributed by atoms with E-state index in [2.05, 4.69) is 0 Å². The minimum absolute atomic E-state index is 0.133. The van der Waals surface area contributed by atoms with Gasteiger partial charge in [-0.1, -0.05) is 12.8 Å². The molecule has 1 rings (SSSR count). The van der Waals surface area contributed by atoms with Crippen molar-refractivity contribution in [3.8, 4) is 0 Å². The molecule has 1 fully saturated rings. The highest BCUT2D eigenvalue weighted by Crippen LogP contribution is 2.28. The predicted octanol–water partition coefficient (Wildman–Crippen LogP) is 1.87. The Labute approximate surface area is 65.2 Å². The van der Waals surface area contributed by atoms with Crippen molar-refractivity contribution in [3.05, 3.63) is 0 Å². The first-order valence-corrected chi connectivity index (χ1v) is 4.02. The van der Waals surface area contributed by atoms with Crippen LogP contribution in [0.1, 0.15) is 25.7 Å². The normalized spacial score (nSPS) is 33.7. The van der Waals surface area contributed by atoms with E-state index in [9.17, 15) is 4.79 Å². The number of carboxylic acids is 1. The van der Waals surface area contributed by atoms with Crippen LogP contribution < -0.4 is 0 Å². The minimum Gasteiger partial charge on any atom is -0.481 e. The summed E-state index contributed by atoms with van der Waals surface area (Å²) in [6, 6.07) is 0. The zero-order valence-corrected chi connectivity index (χ0v) is 6.47. The first kappa shape index (κ1) is 7.86. The lowest BCUT2D eigenvalue weighted by Gasteiger charge is -2.22. The summed E-state index contributed by atoms with van der Waals surface area (Å²) < 4.78 is 0. The Morgan fingerprint density at radius 2 is 2.00 bits per heavy atom. The molecule has 1 aliphatic rings. The van der Waals surface area contributed by atoms with Crippen LogP contribution in [0, 0.1) is 5.92 Å². The smallest absolute Gasteiger partial charge is 0.307 e. The third-order valence-corrected chi connectivity index (χ3v) is 2.52. The maximum absolute atomic E-state index is 10.5. The van der Waals surface area contributed by atoms with Gasteiger partial charge < -0.3 is 5.11 Å². The minimum atomic E-state index is -0.736. The molecule has 0 bridgehead atoms. The number of halogens is 1. The van der Waals surface area contributed by atoms with Gasteiger partial charge in [0.1, 0.15) is 0 Å². The largest absolute Gasteiger partial charge is 0.481 e. The Morgan fingerprint density at radius 3 is 2.40 bits per heavy atom. The molecule has 0 radical (unpaired) electrons. The van der Waals surface area contributed by atoms with Gasteiger partial charge in [-0.25, -0.2) is 0 Å². The van der Waals surface area contributed by atoms with Crippen LogP contribution in [-0.2, 0) is 4.79 Å². The molecule has 10 heavy (non-hydrogen) atoms. The van der Waals surface area contributed by atoms with Gasteiger partial charge >= 0.3 is 5.97 Å². The molecular formula is C7H11ClO2. The van der Waals surface area contributed by atoms with Crippen LogP contribution in [0.15, 0.2) is 0 Å². The molecule has 0 heterocycles. The fourth-order valence-electron chi connectivity index (χ4n) is 1.36. The van der Waals surface area contributed by atoms with E-state index in [1.165, 1.54) is 0 Å². The second-order valence-electron chi connectivity index (χ2n) is 2.75. The lowest BCUT2D eigenvalue weighted by Crippen LogP contribution is -2.27. The highest BCUT2D eigenvalue weighted by atomic mass is 35.5. The highest BCUT2D eigenvalue weighted by molar-refractivity contribution is 6.22. The number of carboxylic acid groups (broad SMARTS) is 1. The van der Waals surface area contributed by atoms with Crippen LogP contribution in [0.2, 0.25) is 0 Å². The van der Waals surface area contributed by atoms with Gasteiger partial charge in [-0.15, -0.1) is 11.6 Å². The summed E-state index contributed by atoms with van der Waals surface area (Å²) in [5.74, 6) is -1.03. The summed E-state index contributed by atoms with van der Waals surface area (Å²) in [4.78, 5) is 10.5. The maximum atomic E-state index is 10.5. The van der Waals surface area contributed by atoms with Crippen LogP contribution in [0.5, 0.6) is 0 Å².